The molecule has 1 aromatic carbocycles. The van der Waals surface area contributed by atoms with Crippen LogP contribution in [0.2, 0.25) is 0 Å². The fourth-order valence-corrected chi connectivity index (χ4v) is 3.58. The molecule has 1 aliphatic heterocycles. The summed E-state index contributed by atoms with van der Waals surface area (Å²) in [4.78, 5) is 40.6. The van der Waals surface area contributed by atoms with E-state index in [1.54, 1.807) is 52.9 Å². The van der Waals surface area contributed by atoms with E-state index in [-0.39, 0.29) is 11.9 Å². The zero-order chi connectivity index (χ0) is 21.5. The Kier molecular flexibility index (Phi) is 5.21. The Morgan fingerprint density at radius 3 is 2.45 bits per heavy atom. The van der Waals surface area contributed by atoms with Crippen LogP contribution in [0.1, 0.15) is 42.5 Å². The van der Waals surface area contributed by atoms with E-state index < -0.39 is 29.9 Å². The molecule has 0 spiro atoms. The molecule has 2 heterocycles. The van der Waals surface area contributed by atoms with Gasteiger partial charge >= 0.3 is 6.03 Å². The summed E-state index contributed by atoms with van der Waals surface area (Å²) >= 11 is 0. The first-order valence-corrected chi connectivity index (χ1v) is 9.27. The topological polar surface area (TPSA) is 82.9 Å². The predicted octanol–water partition coefficient (Wildman–Crippen LogP) is 3.02. The van der Waals surface area contributed by atoms with Crippen molar-refractivity contribution < 1.29 is 23.2 Å². The molecule has 0 bridgehead atoms. The molecular weight excluding hydrogens is 377 g/mol. The van der Waals surface area contributed by atoms with E-state index in [0.717, 1.165) is 10.5 Å². The van der Waals surface area contributed by atoms with Gasteiger partial charge in [-0.1, -0.05) is 12.1 Å². The molecule has 1 saturated heterocycles. The number of amides is 4. The van der Waals surface area contributed by atoms with Gasteiger partial charge in [-0.05, 0) is 51.5 Å². The fraction of sp³-hybridized carbons (Fsp3) is 0.381. The Balaban J connectivity index is 1.76. The highest BCUT2D eigenvalue weighted by atomic mass is 19.1. The molecule has 2 aromatic rings. The first-order chi connectivity index (χ1) is 13.5. The summed E-state index contributed by atoms with van der Waals surface area (Å²) < 4.78 is 18.6. The third kappa shape index (κ3) is 3.62. The molecule has 1 N–H and O–H groups in total. The molecule has 154 valence electrons. The normalized spacial score (nSPS) is 20.0. The zero-order valence-electron chi connectivity index (χ0n) is 17.1. The van der Waals surface area contributed by atoms with Crippen LogP contribution in [-0.4, -0.2) is 41.2 Å². The molecule has 4 amide bonds. The lowest BCUT2D eigenvalue weighted by atomic mass is 9.92. The summed E-state index contributed by atoms with van der Waals surface area (Å²) in [6, 6.07) is 6.56. The lowest BCUT2D eigenvalue weighted by molar-refractivity contribution is -0.139. The van der Waals surface area contributed by atoms with E-state index in [1.807, 2.05) is 0 Å². The smallest absolute Gasteiger partial charge is 0.325 e. The number of rotatable bonds is 5. The van der Waals surface area contributed by atoms with Gasteiger partial charge in [0.1, 0.15) is 29.4 Å². The lowest BCUT2D eigenvalue weighted by Crippen LogP contribution is -2.44. The summed E-state index contributed by atoms with van der Waals surface area (Å²) in [6.45, 7) is 6.48. The minimum absolute atomic E-state index is 0.353. The van der Waals surface area contributed by atoms with Crippen molar-refractivity contribution in [3.8, 4) is 0 Å². The van der Waals surface area contributed by atoms with E-state index in [2.05, 4.69) is 5.32 Å². The molecule has 2 atom stereocenters. The van der Waals surface area contributed by atoms with E-state index in [9.17, 15) is 18.8 Å². The highest BCUT2D eigenvalue weighted by Crippen LogP contribution is 2.33. The summed E-state index contributed by atoms with van der Waals surface area (Å²) in [5, 5.41) is 2.68. The minimum Gasteiger partial charge on any atom is -0.466 e. The minimum atomic E-state index is -1.29. The van der Waals surface area contributed by atoms with E-state index in [1.165, 1.54) is 17.0 Å². The summed E-state index contributed by atoms with van der Waals surface area (Å²) in [5.41, 5.74) is 0.0190. The van der Waals surface area contributed by atoms with Crippen LogP contribution in [0, 0.1) is 19.7 Å². The molecule has 3 rings (SSSR count). The van der Waals surface area contributed by atoms with Gasteiger partial charge in [-0.15, -0.1) is 0 Å². The average molecular weight is 401 g/mol. The van der Waals surface area contributed by atoms with E-state index >= 15 is 0 Å². The van der Waals surface area contributed by atoms with Crippen LogP contribution in [0.5, 0.6) is 0 Å². The zero-order valence-corrected chi connectivity index (χ0v) is 17.1. The van der Waals surface area contributed by atoms with Gasteiger partial charge in [-0.2, -0.15) is 0 Å². The third-order valence-corrected chi connectivity index (χ3v) is 5.47. The van der Waals surface area contributed by atoms with Crippen molar-refractivity contribution in [3.63, 3.8) is 0 Å². The Morgan fingerprint density at radius 2 is 1.90 bits per heavy atom. The second kappa shape index (κ2) is 7.35. The van der Waals surface area contributed by atoms with Crippen molar-refractivity contribution in [2.45, 2.75) is 39.3 Å². The Hall–Kier alpha value is -3.16. The van der Waals surface area contributed by atoms with Gasteiger partial charge < -0.3 is 14.6 Å². The number of benzene rings is 1. The molecule has 0 radical (unpaired) electrons. The number of hydrogen-bond acceptors (Lipinski definition) is 4. The number of hydrogen-bond donors (Lipinski definition) is 1. The molecule has 0 saturated carbocycles. The molecular formula is C21H24FN3O4. The van der Waals surface area contributed by atoms with Crippen molar-refractivity contribution in [2.75, 3.05) is 13.6 Å². The highest BCUT2D eigenvalue weighted by Gasteiger charge is 2.51. The maximum atomic E-state index is 13.1. The molecule has 1 aromatic heterocycles. The molecule has 8 heteroatoms. The van der Waals surface area contributed by atoms with Gasteiger partial charge in [-0.25, -0.2) is 9.18 Å². The third-order valence-electron chi connectivity index (χ3n) is 5.47. The summed E-state index contributed by atoms with van der Waals surface area (Å²) in [6.07, 6.45) is 0. The standard InChI is InChI=1S/C21H24FN3O4/c1-12-10-17(14(3)29-12)21(4)19(27)25(20(28)23-21)11-18(26)24(5)13(2)15-6-8-16(22)9-7-15/h6-10,13H,11H2,1-5H3,(H,23,28). The number of nitrogens with one attached hydrogen (secondary N) is 1. The molecule has 1 aliphatic rings. The number of urea groups is 1. The first-order valence-electron chi connectivity index (χ1n) is 9.27. The second-order valence-electron chi connectivity index (χ2n) is 7.51. The van der Waals surface area contributed by atoms with Crippen molar-refractivity contribution in [1.29, 1.82) is 0 Å². The maximum absolute atomic E-state index is 13.1. The van der Waals surface area contributed by atoms with Gasteiger partial charge in [0.2, 0.25) is 5.91 Å². The number of aryl methyl sites for hydroxylation is 2. The van der Waals surface area contributed by atoms with Gasteiger partial charge in [0.15, 0.2) is 0 Å². The number of halogens is 1. The second-order valence-corrected chi connectivity index (χ2v) is 7.51. The van der Waals surface area contributed by atoms with Crippen LogP contribution >= 0.6 is 0 Å². The first kappa shape index (κ1) is 20.6. The van der Waals surface area contributed by atoms with Crippen LogP contribution < -0.4 is 5.32 Å². The van der Waals surface area contributed by atoms with Gasteiger partial charge in [0, 0.05) is 12.6 Å². The van der Waals surface area contributed by atoms with E-state index in [0.29, 0.717) is 17.1 Å². The Morgan fingerprint density at radius 1 is 1.28 bits per heavy atom. The number of likely N-dealkylation sites (N-methyl/N-ethyl adjacent to an activating group) is 1. The SMILES string of the molecule is Cc1cc(C2(C)NC(=O)N(CC(=O)N(C)C(C)c3ccc(F)cc3)C2=O)c(C)o1. The number of furan rings is 1. The van der Waals surface area contributed by atoms with Crippen LogP contribution in [0.25, 0.3) is 0 Å². The van der Waals surface area contributed by atoms with E-state index in [4.69, 9.17) is 4.42 Å². The van der Waals surface area contributed by atoms with Gasteiger partial charge in [0.25, 0.3) is 5.91 Å². The predicted molar refractivity (Wildman–Crippen MR) is 103 cm³/mol. The quantitative estimate of drug-likeness (QED) is 0.781. The van der Waals surface area contributed by atoms with Crippen molar-refractivity contribution in [1.82, 2.24) is 15.1 Å². The molecule has 1 fully saturated rings. The number of nitrogens with zero attached hydrogens (tertiary/aromatic N) is 2. The Labute approximate surface area is 168 Å². The van der Waals surface area contributed by atoms with Crippen LogP contribution in [0.3, 0.4) is 0 Å². The Bertz CT molecular complexity index is 969. The summed E-state index contributed by atoms with van der Waals surface area (Å²) in [5.74, 6) is -0.118. The average Bonchev–Trinajstić information content (AvgIpc) is 3.12. The number of carbonyl (C=O) groups is 3. The van der Waals surface area contributed by atoms with Crippen molar-refractivity contribution >= 4 is 17.8 Å². The summed E-state index contributed by atoms with van der Waals surface area (Å²) in [7, 11) is 1.58. The van der Waals surface area contributed by atoms with Crippen LogP contribution in [0.4, 0.5) is 9.18 Å². The maximum Gasteiger partial charge on any atom is 0.325 e. The van der Waals surface area contributed by atoms with Crippen molar-refractivity contribution in [3.05, 3.63) is 58.8 Å². The molecule has 2 unspecified atom stereocenters. The molecule has 29 heavy (non-hydrogen) atoms. The fourth-order valence-electron chi connectivity index (χ4n) is 3.58. The largest absolute Gasteiger partial charge is 0.466 e. The molecule has 7 nitrogen and oxygen atoms in total. The van der Waals surface area contributed by atoms with Gasteiger partial charge in [-0.3, -0.25) is 14.5 Å². The van der Waals surface area contributed by atoms with Crippen LogP contribution in [-0.2, 0) is 15.1 Å². The number of imide groups is 1. The molecule has 0 aliphatic carbocycles. The highest BCUT2D eigenvalue weighted by molar-refractivity contribution is 6.09. The monoisotopic (exact) mass is 401 g/mol. The number of carbonyl (C=O) groups excluding carboxylic acids is 3. The van der Waals surface area contributed by atoms with Crippen molar-refractivity contribution in [2.24, 2.45) is 0 Å². The van der Waals surface area contributed by atoms with Gasteiger partial charge in [0.05, 0.1) is 6.04 Å². The van der Waals surface area contributed by atoms with Crippen LogP contribution in [0.15, 0.2) is 34.7 Å². The lowest BCUT2D eigenvalue weighted by Gasteiger charge is -2.27.